The molecule has 0 radical (unpaired) electrons. The quantitative estimate of drug-likeness (QED) is 0.210. The number of aliphatic carboxylic acids is 1. The summed E-state index contributed by atoms with van der Waals surface area (Å²) < 4.78 is 84.4. The molecule has 0 spiro atoms. The number of carboxylic acids is 1. The van der Waals surface area contributed by atoms with Gasteiger partial charge in [-0.15, -0.1) is 0 Å². The van der Waals surface area contributed by atoms with E-state index in [-0.39, 0.29) is 54.5 Å². The Kier molecular flexibility index (Phi) is 9.41. The van der Waals surface area contributed by atoms with Crippen LogP contribution in [-0.2, 0) is 28.4 Å². The minimum Gasteiger partial charge on any atom is -0.484 e. The molecule has 0 heterocycles. The lowest BCUT2D eigenvalue weighted by atomic mass is 9.85. The van der Waals surface area contributed by atoms with Gasteiger partial charge in [0, 0.05) is 24.1 Å². The minimum atomic E-state index is -4.99. The topological polar surface area (TPSA) is 92.7 Å². The van der Waals surface area contributed by atoms with Gasteiger partial charge in [-0.2, -0.15) is 26.3 Å². The maximum atomic E-state index is 13.2. The Labute approximate surface area is 219 Å². The molecule has 0 fully saturated rings. The average Bonchev–Trinajstić information content (AvgIpc) is 2.85. The molecule has 0 aliphatic heterocycles. The van der Waals surface area contributed by atoms with E-state index in [0.717, 1.165) is 6.08 Å². The first kappa shape index (κ1) is 29.7. The van der Waals surface area contributed by atoms with Gasteiger partial charge in [-0.1, -0.05) is 6.42 Å². The molecule has 210 valence electrons. The second-order valence-electron chi connectivity index (χ2n) is 9.00. The summed E-state index contributed by atoms with van der Waals surface area (Å²) in [7, 11) is 0. The third kappa shape index (κ3) is 8.59. The number of rotatable bonds is 10. The second-order valence-corrected chi connectivity index (χ2v) is 9.00. The predicted octanol–water partition coefficient (Wildman–Crippen LogP) is 6.08. The molecule has 1 aliphatic carbocycles. The van der Waals surface area contributed by atoms with E-state index in [1.165, 1.54) is 12.1 Å². The highest BCUT2D eigenvalue weighted by atomic mass is 19.4. The third-order valence-corrected chi connectivity index (χ3v) is 5.99. The van der Waals surface area contributed by atoms with Gasteiger partial charge >= 0.3 is 18.3 Å². The van der Waals surface area contributed by atoms with Gasteiger partial charge < -0.3 is 15.2 Å². The Balaban J connectivity index is 1.64. The van der Waals surface area contributed by atoms with E-state index in [2.05, 4.69) is 5.32 Å². The van der Waals surface area contributed by atoms with Gasteiger partial charge in [-0.05, 0) is 79.3 Å². The van der Waals surface area contributed by atoms with Gasteiger partial charge in [-0.25, -0.2) is 0 Å². The van der Waals surface area contributed by atoms with Crippen molar-refractivity contribution < 1.29 is 50.6 Å². The van der Waals surface area contributed by atoms with Crippen LogP contribution in [0.15, 0.2) is 42.0 Å². The van der Waals surface area contributed by atoms with Crippen LogP contribution in [0.5, 0.6) is 5.75 Å². The largest absolute Gasteiger partial charge is 0.484 e. The molecule has 39 heavy (non-hydrogen) atoms. The van der Waals surface area contributed by atoms with Crippen molar-refractivity contribution in [2.24, 2.45) is 0 Å². The smallest absolute Gasteiger partial charge is 0.416 e. The fourth-order valence-electron chi connectivity index (χ4n) is 4.05. The summed E-state index contributed by atoms with van der Waals surface area (Å²) in [6.07, 6.45) is -6.70. The van der Waals surface area contributed by atoms with E-state index in [1.807, 2.05) is 0 Å². The molecule has 1 amide bonds. The normalized spacial score (nSPS) is 14.7. The Morgan fingerprint density at radius 3 is 2.21 bits per heavy atom. The van der Waals surface area contributed by atoms with E-state index in [0.29, 0.717) is 49.3 Å². The molecule has 0 unspecified atom stereocenters. The molecule has 2 N–H and O–H groups in total. The lowest BCUT2D eigenvalue weighted by Gasteiger charge is -2.19. The van der Waals surface area contributed by atoms with E-state index in [1.54, 1.807) is 6.07 Å². The van der Waals surface area contributed by atoms with E-state index in [4.69, 9.17) is 9.84 Å². The van der Waals surface area contributed by atoms with Crippen LogP contribution >= 0.6 is 0 Å². The lowest BCUT2D eigenvalue weighted by molar-refractivity contribution is -0.143. The zero-order valence-electron chi connectivity index (χ0n) is 20.5. The summed E-state index contributed by atoms with van der Waals surface area (Å²) in [5, 5.41) is 11.2. The highest BCUT2D eigenvalue weighted by molar-refractivity contribution is 6.13. The molecule has 0 bridgehead atoms. The van der Waals surface area contributed by atoms with Gasteiger partial charge in [0.2, 0.25) is 0 Å². The van der Waals surface area contributed by atoms with E-state index in [9.17, 15) is 40.7 Å². The average molecular weight is 557 g/mol. The first-order chi connectivity index (χ1) is 18.2. The number of benzene rings is 2. The second kappa shape index (κ2) is 12.4. The zero-order chi connectivity index (χ0) is 28.8. The summed E-state index contributed by atoms with van der Waals surface area (Å²) >= 11 is 0. The third-order valence-electron chi connectivity index (χ3n) is 5.99. The van der Waals surface area contributed by atoms with Crippen LogP contribution in [-0.4, -0.2) is 35.9 Å². The summed E-state index contributed by atoms with van der Waals surface area (Å²) in [6.45, 7) is 0.0794. The molecule has 0 saturated carbocycles. The number of nitrogens with one attached hydrogen (secondary N) is 1. The number of hydrogen-bond donors (Lipinski definition) is 2. The predicted molar refractivity (Wildman–Crippen MR) is 128 cm³/mol. The van der Waals surface area contributed by atoms with Crippen molar-refractivity contribution >= 4 is 23.7 Å². The number of halogens is 6. The van der Waals surface area contributed by atoms with Crippen molar-refractivity contribution in [2.45, 2.75) is 50.9 Å². The van der Waals surface area contributed by atoms with Crippen LogP contribution in [0.4, 0.5) is 26.3 Å². The first-order valence-corrected chi connectivity index (χ1v) is 12.0. The number of unbranched alkanes of at least 4 members (excludes halogenated alkanes) is 2. The van der Waals surface area contributed by atoms with Gasteiger partial charge in [0.1, 0.15) is 5.75 Å². The van der Waals surface area contributed by atoms with Crippen molar-refractivity contribution in [3.8, 4) is 5.75 Å². The molecule has 0 atom stereocenters. The summed E-state index contributed by atoms with van der Waals surface area (Å²) in [5.74, 6) is -1.46. The Bertz CT molecular complexity index is 1230. The molecule has 12 heteroatoms. The standard InChI is InChI=1S/C27H25F6NO5/c28-26(29,30)19-11-16(12-20(14-19)27(31,32)33)10-18-6-5-17-13-21(7-8-22(17)25(18)38)39-15-23(35)34-9-3-1-2-4-24(36)37/h7-8,10-14H,1-6,9,15H2,(H,34,35)(H,36,37)/b18-10+. The monoisotopic (exact) mass is 557 g/mol. The van der Waals surface area contributed by atoms with Crippen LogP contribution in [0.2, 0.25) is 0 Å². The fraction of sp³-hybridized carbons (Fsp3) is 0.370. The number of ether oxygens (including phenoxy) is 1. The van der Waals surface area contributed by atoms with Crippen LogP contribution in [0.1, 0.15) is 64.7 Å². The fourth-order valence-corrected chi connectivity index (χ4v) is 4.05. The van der Waals surface area contributed by atoms with Gasteiger partial charge in [0.15, 0.2) is 12.4 Å². The number of amides is 1. The van der Waals surface area contributed by atoms with E-state index >= 15 is 0 Å². The van der Waals surface area contributed by atoms with Crippen LogP contribution < -0.4 is 10.1 Å². The van der Waals surface area contributed by atoms with Crippen LogP contribution in [0, 0.1) is 0 Å². The zero-order valence-corrected chi connectivity index (χ0v) is 20.5. The summed E-state index contributed by atoms with van der Waals surface area (Å²) in [4.78, 5) is 35.4. The number of carboxylic acid groups (broad SMARTS) is 1. The molecule has 2 aromatic rings. The first-order valence-electron chi connectivity index (χ1n) is 12.0. The molecule has 0 saturated heterocycles. The Morgan fingerprint density at radius 1 is 0.923 bits per heavy atom. The van der Waals surface area contributed by atoms with Crippen molar-refractivity contribution in [1.82, 2.24) is 5.32 Å². The molecular weight excluding hydrogens is 532 g/mol. The maximum absolute atomic E-state index is 13.2. The number of ketones is 1. The number of allylic oxidation sites excluding steroid dienone is 1. The Morgan fingerprint density at radius 2 is 1.59 bits per heavy atom. The van der Waals surface area contributed by atoms with Gasteiger partial charge in [0.25, 0.3) is 5.91 Å². The van der Waals surface area contributed by atoms with Gasteiger partial charge in [-0.3, -0.25) is 14.4 Å². The van der Waals surface area contributed by atoms with Gasteiger partial charge in [0.05, 0.1) is 11.1 Å². The highest BCUT2D eigenvalue weighted by Crippen LogP contribution is 2.37. The number of carbonyl (C=O) groups excluding carboxylic acids is 2. The summed E-state index contributed by atoms with van der Waals surface area (Å²) in [6, 6.07) is 5.63. The molecule has 3 rings (SSSR count). The molecular formula is C27H25F6NO5. The van der Waals surface area contributed by atoms with Crippen molar-refractivity contribution in [2.75, 3.05) is 13.2 Å². The van der Waals surface area contributed by atoms with Crippen LogP contribution in [0.3, 0.4) is 0 Å². The number of carbonyl (C=O) groups is 3. The summed E-state index contributed by atoms with van der Waals surface area (Å²) in [5.41, 5.74) is -2.40. The van der Waals surface area contributed by atoms with Crippen molar-refractivity contribution in [3.63, 3.8) is 0 Å². The number of aryl methyl sites for hydroxylation is 1. The number of hydrogen-bond acceptors (Lipinski definition) is 4. The number of Topliss-reactive ketones (excluding diaryl/α,β-unsaturated/α-hetero) is 1. The SMILES string of the molecule is O=C(O)CCCCCNC(=O)COc1ccc2c(c1)CC/C(=C\c1cc(C(F)(F)F)cc(C(F)(F)F)c1)C2=O. The van der Waals surface area contributed by atoms with Crippen molar-refractivity contribution in [1.29, 1.82) is 0 Å². The molecule has 2 aromatic carbocycles. The minimum absolute atomic E-state index is 0.0320. The molecule has 1 aliphatic rings. The van der Waals surface area contributed by atoms with E-state index < -0.39 is 35.2 Å². The Hall–Kier alpha value is -3.83. The molecule has 0 aromatic heterocycles. The maximum Gasteiger partial charge on any atom is 0.416 e. The molecule has 6 nitrogen and oxygen atoms in total. The number of fused-ring (bicyclic) bond motifs is 1. The van der Waals surface area contributed by atoms with Crippen LogP contribution in [0.25, 0.3) is 6.08 Å². The lowest BCUT2D eigenvalue weighted by Crippen LogP contribution is -2.29. The van der Waals surface area contributed by atoms with Crippen molar-refractivity contribution in [3.05, 3.63) is 69.8 Å². The number of alkyl halides is 6. The highest BCUT2D eigenvalue weighted by Gasteiger charge is 2.37.